The number of fused-ring (bicyclic) bond motifs is 3. The van der Waals surface area contributed by atoms with E-state index in [9.17, 15) is 9.18 Å². The Morgan fingerprint density at radius 2 is 1.86 bits per heavy atom. The van der Waals surface area contributed by atoms with Crippen molar-refractivity contribution in [2.75, 3.05) is 45.0 Å². The molecule has 8 nitrogen and oxygen atoms in total. The first-order valence-electron chi connectivity index (χ1n) is 17.7. The van der Waals surface area contributed by atoms with Crippen LogP contribution in [-0.4, -0.2) is 74.8 Å². The smallest absolute Gasteiger partial charge is 0.296 e. The maximum Gasteiger partial charge on any atom is 0.296 e. The van der Waals surface area contributed by atoms with Gasteiger partial charge < -0.3 is 19.1 Å². The van der Waals surface area contributed by atoms with Crippen molar-refractivity contribution in [2.45, 2.75) is 102 Å². The number of H-pyrrole nitrogens is 1. The van der Waals surface area contributed by atoms with E-state index in [1.165, 1.54) is 6.07 Å². The molecule has 0 bridgehead atoms. The highest BCUT2D eigenvalue weighted by molar-refractivity contribution is 6.90. The second-order valence-electron chi connectivity index (χ2n) is 15.0. The minimum absolute atomic E-state index is 0.0621. The Bertz CT molecular complexity index is 1800. The molecule has 3 aliphatic heterocycles. The van der Waals surface area contributed by atoms with Crippen LogP contribution in [0.3, 0.4) is 0 Å². The fourth-order valence-corrected chi connectivity index (χ4v) is 14.1. The molecule has 0 saturated carbocycles. The van der Waals surface area contributed by atoms with Crippen molar-refractivity contribution in [3.8, 4) is 23.2 Å². The summed E-state index contributed by atoms with van der Waals surface area (Å²) >= 11 is 0. The van der Waals surface area contributed by atoms with Gasteiger partial charge in [0.05, 0.1) is 29.0 Å². The first-order chi connectivity index (χ1) is 23.4. The maximum absolute atomic E-state index is 16.0. The summed E-state index contributed by atoms with van der Waals surface area (Å²) < 4.78 is 47.6. The maximum atomic E-state index is 16.0. The minimum atomic E-state index is -2.17. The van der Waals surface area contributed by atoms with Crippen molar-refractivity contribution in [2.24, 2.45) is 0 Å². The Labute approximate surface area is 289 Å². The van der Waals surface area contributed by atoms with Crippen LogP contribution in [0.2, 0.25) is 16.6 Å². The van der Waals surface area contributed by atoms with Crippen LogP contribution in [0.1, 0.15) is 77.6 Å². The number of nitrogens with one attached hydrogen (secondary N) is 1. The zero-order valence-corrected chi connectivity index (χ0v) is 30.9. The average molecular weight is 693 g/mol. The SMILES string of the molecule is COCOc1cc(N2CCc3c(nc(OC[C@@]45CCCN4C[C@H](F)C5)[nH]c3=O)C2)c2c(C#C[Si](C(C)C)(C(C)C)C(C)C)c(F)ccc2c1. The molecule has 1 N–H and O–H groups in total. The summed E-state index contributed by atoms with van der Waals surface area (Å²) in [6, 6.07) is 7.19. The van der Waals surface area contributed by atoms with Crippen molar-refractivity contribution in [3.63, 3.8) is 0 Å². The molecule has 2 aromatic carbocycles. The molecule has 49 heavy (non-hydrogen) atoms. The minimum Gasteiger partial charge on any atom is -0.467 e. The number of nitrogens with zero attached hydrogens (tertiary/aromatic N) is 3. The molecule has 0 spiro atoms. The third-order valence-corrected chi connectivity index (χ3v) is 17.6. The van der Waals surface area contributed by atoms with Gasteiger partial charge in [-0.15, -0.1) is 5.54 Å². The van der Waals surface area contributed by atoms with E-state index in [4.69, 9.17) is 19.2 Å². The summed E-state index contributed by atoms with van der Waals surface area (Å²) in [6.07, 6.45) is 1.88. The van der Waals surface area contributed by atoms with Gasteiger partial charge >= 0.3 is 0 Å². The van der Waals surface area contributed by atoms with E-state index in [2.05, 4.69) is 67.8 Å². The molecule has 2 atom stereocenters. The van der Waals surface area contributed by atoms with E-state index in [1.807, 2.05) is 12.1 Å². The van der Waals surface area contributed by atoms with Crippen LogP contribution < -0.4 is 19.9 Å². The van der Waals surface area contributed by atoms with Gasteiger partial charge in [0.2, 0.25) is 0 Å². The molecule has 2 fully saturated rings. The predicted octanol–water partition coefficient (Wildman–Crippen LogP) is 7.13. The molecule has 264 valence electrons. The van der Waals surface area contributed by atoms with Gasteiger partial charge in [-0.3, -0.25) is 14.7 Å². The van der Waals surface area contributed by atoms with Gasteiger partial charge in [0.25, 0.3) is 11.6 Å². The van der Waals surface area contributed by atoms with Crippen molar-refractivity contribution in [1.82, 2.24) is 14.9 Å². The average Bonchev–Trinajstić information content (AvgIpc) is 3.58. The fraction of sp³-hybridized carbons (Fsp3) is 0.579. The fourth-order valence-electron chi connectivity index (χ4n) is 8.92. The number of aromatic nitrogens is 2. The van der Waals surface area contributed by atoms with Gasteiger partial charge in [-0.05, 0) is 59.9 Å². The van der Waals surface area contributed by atoms with Gasteiger partial charge in [-0.1, -0.05) is 53.5 Å². The summed E-state index contributed by atoms with van der Waals surface area (Å²) in [5.74, 6) is 3.63. The highest BCUT2D eigenvalue weighted by Gasteiger charge is 2.49. The highest BCUT2D eigenvalue weighted by Crippen LogP contribution is 2.43. The van der Waals surface area contributed by atoms with Crippen molar-refractivity contribution in [1.29, 1.82) is 0 Å². The molecular formula is C38H50F2N4O4Si. The second-order valence-corrected chi connectivity index (χ2v) is 20.6. The number of anilines is 1. The largest absolute Gasteiger partial charge is 0.467 e. The number of methoxy groups -OCH3 is 1. The van der Waals surface area contributed by atoms with E-state index in [1.54, 1.807) is 13.2 Å². The highest BCUT2D eigenvalue weighted by atomic mass is 28.3. The van der Waals surface area contributed by atoms with Gasteiger partial charge in [0.1, 0.15) is 32.4 Å². The lowest BCUT2D eigenvalue weighted by Crippen LogP contribution is -2.44. The molecule has 6 rings (SSSR count). The van der Waals surface area contributed by atoms with E-state index in [-0.39, 0.29) is 36.3 Å². The first kappa shape index (κ1) is 35.4. The number of alkyl halides is 1. The van der Waals surface area contributed by atoms with Crippen LogP contribution >= 0.6 is 0 Å². The summed E-state index contributed by atoms with van der Waals surface area (Å²) in [6.45, 7) is 15.9. The van der Waals surface area contributed by atoms with E-state index < -0.39 is 14.2 Å². The van der Waals surface area contributed by atoms with Crippen molar-refractivity contribution < 1.29 is 23.0 Å². The molecular weight excluding hydrogens is 643 g/mol. The molecule has 0 amide bonds. The Morgan fingerprint density at radius 1 is 1.10 bits per heavy atom. The van der Waals surface area contributed by atoms with Gasteiger partial charge in [-0.25, -0.2) is 8.78 Å². The van der Waals surface area contributed by atoms with Crippen molar-refractivity contribution >= 4 is 24.5 Å². The van der Waals surface area contributed by atoms with E-state index in [0.717, 1.165) is 30.5 Å². The number of benzene rings is 2. The molecule has 4 heterocycles. The van der Waals surface area contributed by atoms with Crippen LogP contribution in [-0.2, 0) is 17.7 Å². The Balaban J connectivity index is 1.40. The van der Waals surface area contributed by atoms with Gasteiger partial charge in [-0.2, -0.15) is 4.98 Å². The molecule has 1 aromatic heterocycles. The Morgan fingerprint density at radius 3 is 2.57 bits per heavy atom. The second kappa shape index (κ2) is 14.0. The lowest BCUT2D eigenvalue weighted by Gasteiger charge is -2.38. The van der Waals surface area contributed by atoms with Gasteiger partial charge in [0.15, 0.2) is 6.79 Å². The topological polar surface area (TPSA) is 79.9 Å². The number of halogens is 2. The zero-order valence-electron chi connectivity index (χ0n) is 29.9. The quantitative estimate of drug-likeness (QED) is 0.138. The molecule has 0 unspecified atom stereocenters. The normalized spacial score (nSPS) is 21.0. The molecule has 3 aliphatic rings. The third-order valence-electron chi connectivity index (χ3n) is 11.3. The number of aromatic amines is 1. The van der Waals surface area contributed by atoms with Crippen molar-refractivity contribution in [3.05, 3.63) is 57.3 Å². The molecule has 0 radical (unpaired) electrons. The molecule has 0 aliphatic carbocycles. The third kappa shape index (κ3) is 6.60. The van der Waals surface area contributed by atoms with E-state index >= 15 is 4.39 Å². The van der Waals surface area contributed by atoms with Crippen LogP contribution in [0.25, 0.3) is 10.8 Å². The van der Waals surface area contributed by atoms with E-state index in [0.29, 0.717) is 77.1 Å². The summed E-state index contributed by atoms with van der Waals surface area (Å²) in [7, 11) is -0.599. The van der Waals surface area contributed by atoms with Crippen LogP contribution in [0.5, 0.6) is 11.8 Å². The first-order valence-corrected chi connectivity index (χ1v) is 19.9. The lowest BCUT2D eigenvalue weighted by atomic mass is 9.95. The summed E-state index contributed by atoms with van der Waals surface area (Å²) in [5.41, 5.74) is 6.68. The summed E-state index contributed by atoms with van der Waals surface area (Å²) in [4.78, 5) is 25.2. The Hall–Kier alpha value is -3.46. The van der Waals surface area contributed by atoms with Crippen LogP contribution in [0.4, 0.5) is 14.5 Å². The van der Waals surface area contributed by atoms with Gasteiger partial charge in [0, 0.05) is 43.6 Å². The van der Waals surface area contributed by atoms with Crippen LogP contribution in [0, 0.1) is 17.3 Å². The molecule has 2 saturated heterocycles. The monoisotopic (exact) mass is 692 g/mol. The molecule has 3 aromatic rings. The Kier molecular flexibility index (Phi) is 10.1. The van der Waals surface area contributed by atoms with Crippen LogP contribution in [0.15, 0.2) is 29.1 Å². The lowest BCUT2D eigenvalue weighted by molar-refractivity contribution is 0.0512. The standard InChI is InChI=1S/C38H50F2N4O4Si/c1-24(2)49(25(3)4,26(5)6)16-12-30-32(40)10-9-27-17-29(48-23-46-7)18-34(35(27)30)43-15-11-31-33(21-43)41-37(42-36(31)45)47-22-38-13-8-14-44(38)20-28(39)19-38/h9-10,17-18,24-26,28H,8,11,13-15,19-23H2,1-7H3,(H,41,42,45)/t28-,38+/m1/s1. The summed E-state index contributed by atoms with van der Waals surface area (Å²) in [5, 5.41) is 1.51. The molecule has 11 heteroatoms. The number of ether oxygens (including phenoxy) is 3. The number of rotatable bonds is 10. The number of hydrogen-bond donors (Lipinski definition) is 1. The zero-order chi connectivity index (χ0) is 35.1. The number of hydrogen-bond acceptors (Lipinski definition) is 7. The predicted molar refractivity (Wildman–Crippen MR) is 192 cm³/mol.